The van der Waals surface area contributed by atoms with E-state index in [4.69, 9.17) is 37.9 Å². The van der Waals surface area contributed by atoms with Gasteiger partial charge in [0, 0.05) is 81.4 Å². The van der Waals surface area contributed by atoms with Crippen LogP contribution in [-0.2, 0) is 59.8 Å². The zero-order valence-corrected chi connectivity index (χ0v) is 54.2. The van der Waals surface area contributed by atoms with Crippen LogP contribution in [0.15, 0.2) is 138 Å². The number of benzene rings is 4. The lowest BCUT2D eigenvalue weighted by molar-refractivity contribution is -0.138. The number of nitrogens with one attached hydrogen (secondary N) is 4. The highest BCUT2D eigenvalue weighted by molar-refractivity contribution is 7.99. The largest absolute Gasteiger partial charge is 0.416 e. The van der Waals surface area contributed by atoms with Crippen molar-refractivity contribution >= 4 is 47.2 Å². The molecule has 514 valence electrons. The van der Waals surface area contributed by atoms with Gasteiger partial charge in [-0.3, -0.25) is 37.9 Å². The number of aromatic nitrogens is 2. The average molecular weight is 1380 g/mol. The Morgan fingerprint density at radius 3 is 1.01 bits per heavy atom. The van der Waals surface area contributed by atoms with Gasteiger partial charge in [0.15, 0.2) is 0 Å². The van der Waals surface area contributed by atoms with Crippen molar-refractivity contribution < 1.29 is 83.4 Å². The predicted octanol–water partition coefficient (Wildman–Crippen LogP) is 7.99. The maximum Gasteiger partial charge on any atom is 0.416 e. The summed E-state index contributed by atoms with van der Waals surface area (Å²) in [5, 5.41) is 29.0. The van der Waals surface area contributed by atoms with Gasteiger partial charge in [-0.15, -0.1) is 0 Å². The standard InChI is InChI=1S/C66H72F6N8O14S2/c1-45-57(95-53-13-9-47(43-73)10-14-53)41-55(63(85)79(45)51-7-3-5-49(39-51)65(67,68)69)61(83)77-21-25-89-29-33-93-37-35-91-31-27-87-23-19-75-59(81)17-18-60(82)76-20-24-88-28-32-92-36-38-94-34-30-90-26-22-78-62(84)56-42-58(96-54-15-11-48(44-74)12-16-54)46(2)80(64(56)86)52-8-4-6-50(40-52)66(70,71)72/h3-16,39-42H,17-38H2,1-2H3,(H,75,81)(H,76,82)(H,77,83)(H,78,84). The molecule has 0 atom stereocenters. The van der Waals surface area contributed by atoms with Crippen LogP contribution < -0.4 is 32.4 Å². The molecule has 0 bridgehead atoms. The van der Waals surface area contributed by atoms with E-state index < -0.39 is 46.4 Å². The number of amides is 4. The Morgan fingerprint density at radius 1 is 0.427 bits per heavy atom. The molecule has 0 radical (unpaired) electrons. The molecule has 4 aromatic carbocycles. The number of carbonyl (C=O) groups is 4. The molecule has 0 aliphatic heterocycles. The number of pyridine rings is 2. The van der Waals surface area contributed by atoms with Crippen LogP contribution in [0.4, 0.5) is 26.3 Å². The van der Waals surface area contributed by atoms with Gasteiger partial charge in [-0.05, 0) is 111 Å². The Morgan fingerprint density at radius 2 is 0.719 bits per heavy atom. The number of ether oxygens (including phenoxy) is 8. The van der Waals surface area contributed by atoms with E-state index in [1.807, 2.05) is 12.1 Å². The highest BCUT2D eigenvalue weighted by Gasteiger charge is 2.32. The number of hydrogen-bond acceptors (Lipinski definition) is 18. The van der Waals surface area contributed by atoms with Crippen molar-refractivity contribution in [2.24, 2.45) is 0 Å². The first-order valence-corrected chi connectivity index (χ1v) is 31.8. The average Bonchev–Trinajstić information content (AvgIpc) is 0.781. The van der Waals surface area contributed by atoms with Crippen LogP contribution in [0.5, 0.6) is 0 Å². The lowest BCUT2D eigenvalue weighted by atomic mass is 10.1. The molecule has 0 unspecified atom stereocenters. The van der Waals surface area contributed by atoms with Gasteiger partial charge in [0.2, 0.25) is 11.8 Å². The summed E-state index contributed by atoms with van der Waals surface area (Å²) in [5.74, 6) is -2.12. The molecular weight excluding hydrogens is 1310 g/mol. The molecule has 0 saturated heterocycles. The van der Waals surface area contributed by atoms with E-state index in [9.17, 15) is 65.6 Å². The van der Waals surface area contributed by atoms with E-state index in [1.54, 1.807) is 62.4 Å². The molecule has 0 aliphatic carbocycles. The van der Waals surface area contributed by atoms with Crippen LogP contribution in [0, 0.1) is 36.5 Å². The minimum absolute atomic E-state index is 0.0147. The summed E-state index contributed by atoms with van der Waals surface area (Å²) in [6, 6.07) is 28.5. The van der Waals surface area contributed by atoms with Crippen LogP contribution >= 0.6 is 23.5 Å². The lowest BCUT2D eigenvalue weighted by Crippen LogP contribution is -2.35. The fourth-order valence-corrected chi connectivity index (χ4v) is 10.6. The Bertz CT molecular complexity index is 3490. The first-order valence-electron chi connectivity index (χ1n) is 30.1. The third-order valence-corrected chi connectivity index (χ3v) is 15.9. The molecule has 0 fully saturated rings. The molecule has 0 aliphatic rings. The van der Waals surface area contributed by atoms with Crippen molar-refractivity contribution in [1.82, 2.24) is 30.4 Å². The second kappa shape index (κ2) is 40.2. The van der Waals surface area contributed by atoms with Gasteiger partial charge in [0.05, 0.1) is 140 Å². The van der Waals surface area contributed by atoms with Gasteiger partial charge in [-0.1, -0.05) is 35.7 Å². The van der Waals surface area contributed by atoms with Crippen LogP contribution in [0.25, 0.3) is 11.4 Å². The van der Waals surface area contributed by atoms with Crippen molar-refractivity contribution in [3.05, 3.63) is 175 Å². The highest BCUT2D eigenvalue weighted by Crippen LogP contribution is 2.36. The molecule has 2 aromatic heterocycles. The van der Waals surface area contributed by atoms with E-state index in [-0.39, 0.29) is 179 Å². The number of hydrogen-bond donors (Lipinski definition) is 4. The van der Waals surface area contributed by atoms with Gasteiger partial charge >= 0.3 is 12.4 Å². The second-order valence-corrected chi connectivity index (χ2v) is 22.7. The van der Waals surface area contributed by atoms with Crippen LogP contribution in [0.1, 0.15) is 67.2 Å². The number of alkyl halides is 6. The molecule has 4 amide bonds. The molecule has 2 heterocycles. The predicted molar refractivity (Wildman–Crippen MR) is 341 cm³/mol. The van der Waals surface area contributed by atoms with Crippen molar-refractivity contribution in [3.8, 4) is 23.5 Å². The van der Waals surface area contributed by atoms with Gasteiger partial charge in [0.25, 0.3) is 22.9 Å². The minimum atomic E-state index is -4.67. The molecule has 22 nitrogen and oxygen atoms in total. The molecule has 6 rings (SSSR count). The third-order valence-electron chi connectivity index (χ3n) is 13.6. The highest BCUT2D eigenvalue weighted by atomic mass is 32.2. The fraction of sp³-hybridized carbons (Fsp3) is 0.394. The van der Waals surface area contributed by atoms with Crippen molar-refractivity contribution in [1.29, 1.82) is 10.5 Å². The first kappa shape index (κ1) is 76.6. The quantitative estimate of drug-likeness (QED) is 0.0209. The molecule has 4 N–H and O–H groups in total. The van der Waals surface area contributed by atoms with E-state index in [0.717, 1.165) is 33.4 Å². The van der Waals surface area contributed by atoms with E-state index in [1.165, 1.54) is 59.9 Å². The van der Waals surface area contributed by atoms with Crippen LogP contribution in [-0.4, -0.2) is 165 Å². The van der Waals surface area contributed by atoms with Gasteiger partial charge < -0.3 is 59.2 Å². The molecule has 0 saturated carbocycles. The Balaban J connectivity index is 0.714. The van der Waals surface area contributed by atoms with Crippen molar-refractivity contribution in [3.63, 3.8) is 0 Å². The molecule has 30 heteroatoms. The zero-order valence-electron chi connectivity index (χ0n) is 52.5. The number of nitrogens with zero attached hydrogens (tertiary/aromatic N) is 4. The van der Waals surface area contributed by atoms with Gasteiger partial charge in [0.1, 0.15) is 11.1 Å². The SMILES string of the molecule is Cc1c(Sc2ccc(C#N)cc2)cc(C(=O)NCCOCCOCCOCCOCCNC(=O)CCC(=O)NCCOCCOCCOCCOCCNC(=O)c2cc(Sc3ccc(C#N)cc3)c(C)n(-c3cccc(C(F)(F)F)c3)c2=O)c(=O)n1-c1cccc(C(F)(F)F)c1. The van der Waals surface area contributed by atoms with Crippen molar-refractivity contribution in [2.45, 2.75) is 58.6 Å². The Labute approximate surface area is 557 Å². The zero-order chi connectivity index (χ0) is 69.3. The summed E-state index contributed by atoms with van der Waals surface area (Å²) >= 11 is 2.36. The number of nitriles is 2. The topological polar surface area (TPSA) is 282 Å². The molecular formula is C66H72F6N8O14S2. The fourth-order valence-electron chi connectivity index (χ4n) is 8.72. The summed E-state index contributed by atoms with van der Waals surface area (Å²) < 4.78 is 128. The monoisotopic (exact) mass is 1380 g/mol. The van der Waals surface area contributed by atoms with Crippen LogP contribution in [0.2, 0.25) is 0 Å². The second-order valence-electron chi connectivity index (χ2n) is 20.5. The Kier molecular flexibility index (Phi) is 32.1. The third kappa shape index (κ3) is 25.6. The number of halogens is 6. The first-order chi connectivity index (χ1) is 46.2. The van der Waals surface area contributed by atoms with E-state index in [2.05, 4.69) is 21.3 Å². The van der Waals surface area contributed by atoms with Gasteiger partial charge in [-0.25, -0.2) is 0 Å². The minimum Gasteiger partial charge on any atom is -0.377 e. The maximum atomic E-state index is 13.7. The lowest BCUT2D eigenvalue weighted by Gasteiger charge is -2.18. The van der Waals surface area contributed by atoms with E-state index in [0.29, 0.717) is 42.1 Å². The van der Waals surface area contributed by atoms with E-state index >= 15 is 0 Å². The number of rotatable bonds is 41. The number of carbonyl (C=O) groups excluding carboxylic acids is 4. The smallest absolute Gasteiger partial charge is 0.377 e. The maximum absolute atomic E-state index is 13.7. The molecule has 0 spiro atoms. The summed E-state index contributed by atoms with van der Waals surface area (Å²) in [6.07, 6.45) is -9.37. The van der Waals surface area contributed by atoms with Crippen LogP contribution in [0.3, 0.4) is 0 Å². The van der Waals surface area contributed by atoms with Gasteiger partial charge in [-0.2, -0.15) is 36.9 Å². The summed E-state index contributed by atoms with van der Waals surface area (Å²) in [7, 11) is 0. The summed E-state index contributed by atoms with van der Waals surface area (Å²) in [4.78, 5) is 80.7. The van der Waals surface area contributed by atoms with Crippen molar-refractivity contribution in [2.75, 3.05) is 132 Å². The molecule has 96 heavy (non-hydrogen) atoms. The molecule has 6 aromatic rings. The normalized spacial score (nSPS) is 11.4. The summed E-state index contributed by atoms with van der Waals surface area (Å²) in [5.41, 5.74) is -2.79. The Hall–Kier alpha value is -8.40. The summed E-state index contributed by atoms with van der Waals surface area (Å²) in [6.45, 7) is 7.22.